The van der Waals surface area contributed by atoms with Gasteiger partial charge in [0.25, 0.3) is 15.9 Å². The summed E-state index contributed by atoms with van der Waals surface area (Å²) in [7, 11) is -2.79. The topological polar surface area (TPSA) is 141 Å². The molecule has 11 nitrogen and oxygen atoms in total. The normalized spacial score (nSPS) is 17.3. The third-order valence-corrected chi connectivity index (χ3v) is 10.0. The van der Waals surface area contributed by atoms with Crippen molar-refractivity contribution in [1.29, 1.82) is 0 Å². The number of fused-ring (bicyclic) bond motifs is 1. The zero-order valence-electron chi connectivity index (χ0n) is 20.7. The lowest BCUT2D eigenvalue weighted by Crippen LogP contribution is -3.07. The number of pyridine rings is 1. The third kappa shape index (κ3) is 5.69. The Morgan fingerprint density at radius 3 is 2.59 bits per heavy atom. The van der Waals surface area contributed by atoms with Crippen LogP contribution >= 0.6 is 22.9 Å². The second-order valence-electron chi connectivity index (χ2n) is 8.96. The van der Waals surface area contributed by atoms with E-state index in [9.17, 15) is 23.2 Å². The third-order valence-electron chi connectivity index (χ3n) is 6.38. The lowest BCUT2D eigenvalue weighted by atomic mass is 10.1. The van der Waals surface area contributed by atoms with E-state index in [4.69, 9.17) is 11.6 Å². The van der Waals surface area contributed by atoms with Gasteiger partial charge in [0.2, 0.25) is 5.82 Å². The number of hydrogen-bond acceptors (Lipinski definition) is 9. The van der Waals surface area contributed by atoms with Crippen LogP contribution in [0, 0.1) is 5.21 Å². The summed E-state index contributed by atoms with van der Waals surface area (Å²) in [5, 5.41) is 12.3. The first-order chi connectivity index (χ1) is 18.6. The van der Waals surface area contributed by atoms with Crippen LogP contribution in [0.3, 0.4) is 0 Å². The zero-order chi connectivity index (χ0) is 27.7. The highest BCUT2D eigenvalue weighted by molar-refractivity contribution is 7.91. The number of halogens is 1. The summed E-state index contributed by atoms with van der Waals surface area (Å²) in [5.41, 5.74) is 1.26. The van der Waals surface area contributed by atoms with Crippen molar-refractivity contribution in [3.63, 3.8) is 0 Å². The molecule has 0 bridgehead atoms. The molecule has 1 N–H and O–H groups in total. The van der Waals surface area contributed by atoms with E-state index >= 15 is 0 Å². The number of benzene rings is 1. The number of aromatic nitrogens is 3. The summed E-state index contributed by atoms with van der Waals surface area (Å²) < 4.78 is 29.2. The lowest BCUT2D eigenvalue weighted by molar-refractivity contribution is -0.741. The number of sulfonamides is 1. The molecule has 0 aliphatic carbocycles. The monoisotopic (exact) mass is 586 g/mol. The standard InChI is InChI=1S/C25H23ClN6O5S2/c1-30(35)22(33)12-19-15-31(39(36,37)23-10-16-5-6-18(26)11-21(16)38-23)8-9-32(19)25(34)24-28-13-17(14-29-24)20-4-2-3-7-27-20/h2-7,10-11,13-14,19,30H,8-9,12,15H2,1H3. The van der Waals surface area contributed by atoms with E-state index in [2.05, 4.69) is 15.0 Å². The van der Waals surface area contributed by atoms with Crippen molar-refractivity contribution < 1.29 is 23.1 Å². The van der Waals surface area contributed by atoms with Crippen molar-refractivity contribution in [1.82, 2.24) is 24.2 Å². The van der Waals surface area contributed by atoms with E-state index in [0.717, 1.165) is 28.5 Å². The molecule has 5 rings (SSSR count). The summed E-state index contributed by atoms with van der Waals surface area (Å²) in [6.45, 7) is -0.163. The predicted molar refractivity (Wildman–Crippen MR) is 146 cm³/mol. The first-order valence-corrected chi connectivity index (χ1v) is 14.5. The van der Waals surface area contributed by atoms with Crippen LogP contribution in [0.5, 0.6) is 0 Å². The molecule has 39 heavy (non-hydrogen) atoms. The molecule has 0 radical (unpaired) electrons. The molecule has 2 unspecified atom stereocenters. The van der Waals surface area contributed by atoms with Gasteiger partial charge < -0.3 is 15.2 Å². The van der Waals surface area contributed by atoms with Gasteiger partial charge in [-0.25, -0.2) is 23.2 Å². The first kappa shape index (κ1) is 27.2. The molecule has 14 heteroatoms. The minimum atomic E-state index is -3.94. The number of piperazine rings is 1. The summed E-state index contributed by atoms with van der Waals surface area (Å²) in [5.74, 6) is -1.36. The maximum atomic E-state index is 13.5. The fourth-order valence-corrected chi connectivity index (χ4v) is 7.61. The summed E-state index contributed by atoms with van der Waals surface area (Å²) in [6, 6.07) is 11.2. The van der Waals surface area contributed by atoms with Crippen molar-refractivity contribution in [2.24, 2.45) is 0 Å². The first-order valence-electron chi connectivity index (χ1n) is 11.9. The zero-order valence-corrected chi connectivity index (χ0v) is 23.0. The number of quaternary nitrogens is 1. The van der Waals surface area contributed by atoms with Gasteiger partial charge in [0, 0.05) is 53.5 Å². The van der Waals surface area contributed by atoms with Gasteiger partial charge in [-0.05, 0) is 35.7 Å². The Bertz CT molecular complexity index is 1630. The van der Waals surface area contributed by atoms with Crippen LogP contribution in [-0.2, 0) is 14.8 Å². The molecule has 1 aromatic carbocycles. The highest BCUT2D eigenvalue weighted by atomic mass is 35.5. The Hall–Kier alpha value is -3.33. The number of hydroxylamine groups is 2. The van der Waals surface area contributed by atoms with Crippen LogP contribution in [0.2, 0.25) is 5.02 Å². The second kappa shape index (κ2) is 11.0. The number of amides is 2. The van der Waals surface area contributed by atoms with Crippen molar-refractivity contribution in [3.05, 3.63) is 77.1 Å². The number of nitrogens with zero attached hydrogens (tertiary/aromatic N) is 5. The van der Waals surface area contributed by atoms with Crippen molar-refractivity contribution in [2.75, 3.05) is 26.7 Å². The van der Waals surface area contributed by atoms with Crippen molar-refractivity contribution >= 4 is 54.9 Å². The van der Waals surface area contributed by atoms with Crippen LogP contribution in [0.15, 0.2) is 65.3 Å². The fourth-order valence-electron chi connectivity index (χ4n) is 4.31. The Labute approximate surface area is 233 Å². The van der Waals surface area contributed by atoms with Crippen LogP contribution in [0.25, 0.3) is 21.3 Å². The maximum absolute atomic E-state index is 13.5. The molecule has 3 aromatic heterocycles. The molecule has 0 saturated carbocycles. The number of rotatable bonds is 6. The fraction of sp³-hybridized carbons (Fsp3) is 0.240. The van der Waals surface area contributed by atoms with Gasteiger partial charge in [-0.3, -0.25) is 9.78 Å². The maximum Gasteiger partial charge on any atom is 0.313 e. The minimum absolute atomic E-state index is 0.000143. The highest BCUT2D eigenvalue weighted by Gasteiger charge is 2.39. The van der Waals surface area contributed by atoms with E-state index < -0.39 is 32.9 Å². The van der Waals surface area contributed by atoms with E-state index in [1.807, 2.05) is 6.07 Å². The SMILES string of the molecule is C[NH+]([O-])C(=O)CC1CN(S(=O)(=O)c2cc3ccc(Cl)cc3s2)CCN1C(=O)c1ncc(-c2ccccn2)cn1. The average Bonchev–Trinajstić information content (AvgIpc) is 3.37. The predicted octanol–water partition coefficient (Wildman–Crippen LogP) is 1.85. The van der Waals surface area contributed by atoms with E-state index in [0.29, 0.717) is 16.3 Å². The lowest BCUT2D eigenvalue weighted by Gasteiger charge is -2.40. The molecule has 4 aromatic rings. The molecule has 2 atom stereocenters. The Balaban J connectivity index is 1.40. The molecule has 1 saturated heterocycles. The van der Waals surface area contributed by atoms with Crippen LogP contribution in [0.1, 0.15) is 17.0 Å². The van der Waals surface area contributed by atoms with Crippen LogP contribution < -0.4 is 5.06 Å². The van der Waals surface area contributed by atoms with Gasteiger partial charge in [-0.2, -0.15) is 4.31 Å². The van der Waals surface area contributed by atoms with Crippen molar-refractivity contribution in [3.8, 4) is 11.3 Å². The number of carbonyl (C=O) groups is 2. The van der Waals surface area contributed by atoms with Gasteiger partial charge in [-0.1, -0.05) is 23.7 Å². The molecule has 0 spiro atoms. The smallest absolute Gasteiger partial charge is 0.313 e. The molecular formula is C25H23ClN6O5S2. The Kier molecular flexibility index (Phi) is 7.71. The number of thiophene rings is 1. The molecular weight excluding hydrogens is 564 g/mol. The summed E-state index contributed by atoms with van der Waals surface area (Å²) in [4.78, 5) is 39.8. The molecule has 1 aliphatic rings. The summed E-state index contributed by atoms with van der Waals surface area (Å²) >= 11 is 7.15. The molecule has 202 valence electrons. The largest absolute Gasteiger partial charge is 0.627 e. The summed E-state index contributed by atoms with van der Waals surface area (Å²) in [6.07, 6.45) is 4.27. The van der Waals surface area contributed by atoms with E-state index in [1.54, 1.807) is 42.6 Å². The molecule has 4 heterocycles. The Morgan fingerprint density at radius 2 is 1.90 bits per heavy atom. The van der Waals surface area contributed by atoms with E-state index in [-0.39, 0.29) is 36.1 Å². The van der Waals surface area contributed by atoms with Crippen molar-refractivity contribution in [2.45, 2.75) is 16.7 Å². The molecule has 2 amide bonds. The van der Waals surface area contributed by atoms with Gasteiger partial charge in [0.1, 0.15) is 4.21 Å². The Morgan fingerprint density at radius 1 is 1.13 bits per heavy atom. The second-order valence-corrected chi connectivity index (χ2v) is 12.6. The van der Waals surface area contributed by atoms with Crippen LogP contribution in [-0.4, -0.2) is 77.1 Å². The van der Waals surface area contributed by atoms with Gasteiger partial charge in [-0.15, -0.1) is 11.3 Å². The average molecular weight is 587 g/mol. The van der Waals surface area contributed by atoms with Crippen LogP contribution in [0.4, 0.5) is 0 Å². The minimum Gasteiger partial charge on any atom is -0.627 e. The molecule has 1 fully saturated rings. The number of nitrogens with one attached hydrogen (secondary N) is 1. The molecule has 1 aliphatic heterocycles. The van der Waals surface area contributed by atoms with Gasteiger partial charge >= 0.3 is 5.91 Å². The number of hydrogen-bond donors (Lipinski definition) is 1. The highest BCUT2D eigenvalue weighted by Crippen LogP contribution is 2.33. The quantitative estimate of drug-likeness (QED) is 0.338. The van der Waals surface area contributed by atoms with E-state index in [1.165, 1.54) is 21.6 Å². The number of carbonyl (C=O) groups excluding carboxylic acids is 2. The van der Waals surface area contributed by atoms with Gasteiger partial charge in [0.15, 0.2) is 0 Å². The van der Waals surface area contributed by atoms with Gasteiger partial charge in [0.05, 0.1) is 25.2 Å².